The first kappa shape index (κ1) is 13.0. The lowest BCUT2D eigenvalue weighted by atomic mass is 10.0. The number of hydrogen-bond donors (Lipinski definition) is 1. The number of nitrogens with one attached hydrogen (secondary N) is 1. The molecule has 0 aliphatic carbocycles. The minimum absolute atomic E-state index is 0.726. The predicted octanol–water partition coefficient (Wildman–Crippen LogP) is 1.57. The molecule has 0 radical (unpaired) electrons. The molecule has 0 saturated carbocycles. The van der Waals surface area contributed by atoms with Gasteiger partial charge in [0, 0.05) is 31.7 Å². The second kappa shape index (κ2) is 5.54. The largest absolute Gasteiger partial charge is 0.337 e. The quantitative estimate of drug-likeness (QED) is 0.896. The van der Waals surface area contributed by atoms with Crippen molar-refractivity contribution >= 4 is 5.95 Å². The summed E-state index contributed by atoms with van der Waals surface area (Å²) in [5, 5.41) is 11.6. The van der Waals surface area contributed by atoms with Crippen LogP contribution in [0.5, 0.6) is 0 Å². The summed E-state index contributed by atoms with van der Waals surface area (Å²) in [6, 6.07) is 6.38. The highest BCUT2D eigenvalue weighted by Gasteiger charge is 2.14. The van der Waals surface area contributed by atoms with Crippen molar-refractivity contribution in [2.45, 2.75) is 13.8 Å². The second-order valence-corrected chi connectivity index (χ2v) is 5.20. The summed E-state index contributed by atoms with van der Waals surface area (Å²) < 4.78 is 0. The van der Waals surface area contributed by atoms with E-state index in [1.54, 1.807) is 6.20 Å². The first-order valence-electron chi connectivity index (χ1n) is 6.97. The van der Waals surface area contributed by atoms with Crippen molar-refractivity contribution in [3.8, 4) is 11.3 Å². The van der Waals surface area contributed by atoms with Crippen LogP contribution in [-0.2, 0) is 0 Å². The zero-order valence-electron chi connectivity index (χ0n) is 11.9. The van der Waals surface area contributed by atoms with Gasteiger partial charge in [-0.2, -0.15) is 5.10 Å². The van der Waals surface area contributed by atoms with E-state index in [0.717, 1.165) is 43.4 Å². The van der Waals surface area contributed by atoms with Crippen LogP contribution in [0.2, 0.25) is 0 Å². The van der Waals surface area contributed by atoms with Crippen LogP contribution in [0.3, 0.4) is 0 Å². The summed E-state index contributed by atoms with van der Waals surface area (Å²) >= 11 is 0. The van der Waals surface area contributed by atoms with E-state index in [-0.39, 0.29) is 0 Å². The minimum Gasteiger partial charge on any atom is -0.337 e. The zero-order valence-corrected chi connectivity index (χ0v) is 11.9. The summed E-state index contributed by atoms with van der Waals surface area (Å²) in [4.78, 5) is 6.86. The van der Waals surface area contributed by atoms with Gasteiger partial charge in [-0.15, -0.1) is 5.10 Å². The van der Waals surface area contributed by atoms with Gasteiger partial charge in [0.05, 0.1) is 11.9 Å². The molecule has 0 amide bonds. The Hall–Kier alpha value is -2.01. The Balaban J connectivity index is 1.94. The van der Waals surface area contributed by atoms with E-state index in [1.807, 2.05) is 0 Å². The van der Waals surface area contributed by atoms with E-state index in [4.69, 9.17) is 0 Å². The van der Waals surface area contributed by atoms with Gasteiger partial charge in [-0.3, -0.25) is 0 Å². The summed E-state index contributed by atoms with van der Waals surface area (Å²) in [6.07, 6.45) is 1.74. The van der Waals surface area contributed by atoms with E-state index in [9.17, 15) is 0 Å². The number of aromatic nitrogens is 3. The van der Waals surface area contributed by atoms with Gasteiger partial charge in [0.25, 0.3) is 0 Å². The summed E-state index contributed by atoms with van der Waals surface area (Å²) in [6.45, 7) is 8.00. The molecule has 2 aromatic rings. The van der Waals surface area contributed by atoms with Crippen LogP contribution in [0, 0.1) is 13.8 Å². The maximum atomic E-state index is 4.68. The smallest absolute Gasteiger partial charge is 0.245 e. The number of anilines is 1. The van der Waals surface area contributed by atoms with Crippen molar-refractivity contribution in [1.82, 2.24) is 20.5 Å². The van der Waals surface area contributed by atoms with Crippen molar-refractivity contribution in [1.29, 1.82) is 0 Å². The van der Waals surface area contributed by atoms with Crippen molar-refractivity contribution in [3.05, 3.63) is 35.5 Å². The van der Waals surface area contributed by atoms with E-state index in [0.29, 0.717) is 0 Å². The van der Waals surface area contributed by atoms with Crippen molar-refractivity contribution in [3.63, 3.8) is 0 Å². The van der Waals surface area contributed by atoms with Crippen molar-refractivity contribution in [2.75, 3.05) is 31.1 Å². The Labute approximate surface area is 119 Å². The third kappa shape index (κ3) is 2.63. The molecule has 1 N–H and O–H groups in total. The number of piperazine rings is 1. The Bertz CT molecular complexity index is 605. The van der Waals surface area contributed by atoms with Gasteiger partial charge in [0.15, 0.2) is 0 Å². The third-order valence-corrected chi connectivity index (χ3v) is 3.61. The molecule has 20 heavy (non-hydrogen) atoms. The Morgan fingerprint density at radius 1 is 1.15 bits per heavy atom. The van der Waals surface area contributed by atoms with Gasteiger partial charge in [-0.05, 0) is 19.4 Å². The monoisotopic (exact) mass is 269 g/mol. The second-order valence-electron chi connectivity index (χ2n) is 5.20. The van der Waals surface area contributed by atoms with Crippen molar-refractivity contribution < 1.29 is 0 Å². The van der Waals surface area contributed by atoms with Crippen LogP contribution in [-0.4, -0.2) is 41.4 Å². The average molecular weight is 269 g/mol. The molecule has 5 nitrogen and oxygen atoms in total. The van der Waals surface area contributed by atoms with Crippen molar-refractivity contribution in [2.24, 2.45) is 0 Å². The number of rotatable bonds is 2. The van der Waals surface area contributed by atoms with Gasteiger partial charge in [0.2, 0.25) is 5.95 Å². The number of nitrogens with zero attached hydrogens (tertiary/aromatic N) is 4. The number of hydrogen-bond acceptors (Lipinski definition) is 5. The highest BCUT2D eigenvalue weighted by molar-refractivity contribution is 5.64. The van der Waals surface area contributed by atoms with Crippen LogP contribution < -0.4 is 10.2 Å². The highest BCUT2D eigenvalue weighted by atomic mass is 15.3. The lowest BCUT2D eigenvalue weighted by Crippen LogP contribution is -2.44. The summed E-state index contributed by atoms with van der Waals surface area (Å²) in [7, 11) is 0. The number of benzene rings is 1. The van der Waals surface area contributed by atoms with Gasteiger partial charge in [-0.1, -0.05) is 23.8 Å². The van der Waals surface area contributed by atoms with Gasteiger partial charge in [-0.25, -0.2) is 4.98 Å². The first-order valence-corrected chi connectivity index (χ1v) is 6.97. The van der Waals surface area contributed by atoms with Gasteiger partial charge in [0.1, 0.15) is 0 Å². The molecule has 1 fully saturated rings. The molecule has 1 aliphatic rings. The Morgan fingerprint density at radius 2 is 1.95 bits per heavy atom. The molecule has 0 spiro atoms. The van der Waals surface area contributed by atoms with Crippen LogP contribution in [0.4, 0.5) is 5.95 Å². The predicted molar refractivity (Wildman–Crippen MR) is 79.8 cm³/mol. The van der Waals surface area contributed by atoms with E-state index in [1.165, 1.54) is 11.1 Å². The fraction of sp³-hybridized carbons (Fsp3) is 0.400. The third-order valence-electron chi connectivity index (χ3n) is 3.61. The summed E-state index contributed by atoms with van der Waals surface area (Å²) in [5.74, 6) is 0.726. The molecule has 5 heteroatoms. The summed E-state index contributed by atoms with van der Waals surface area (Å²) in [5.41, 5.74) is 4.50. The van der Waals surface area contributed by atoms with E-state index in [2.05, 4.69) is 57.4 Å². The van der Waals surface area contributed by atoms with Crippen LogP contribution >= 0.6 is 0 Å². The lowest BCUT2D eigenvalue weighted by molar-refractivity contribution is 0.577. The fourth-order valence-corrected chi connectivity index (χ4v) is 2.52. The standard InChI is InChI=1S/C15H19N5/c1-11-3-4-13(12(2)9-11)14-10-17-19-15(18-14)20-7-5-16-6-8-20/h3-4,9-10,16H,5-8H2,1-2H3. The zero-order chi connectivity index (χ0) is 13.9. The van der Waals surface area contributed by atoms with E-state index < -0.39 is 0 Å². The minimum atomic E-state index is 0.726. The van der Waals surface area contributed by atoms with Gasteiger partial charge < -0.3 is 10.2 Å². The molecule has 1 aromatic heterocycles. The molecule has 2 heterocycles. The molecule has 0 atom stereocenters. The maximum Gasteiger partial charge on any atom is 0.245 e. The molecule has 1 saturated heterocycles. The van der Waals surface area contributed by atoms with Crippen LogP contribution in [0.25, 0.3) is 11.3 Å². The fourth-order valence-electron chi connectivity index (χ4n) is 2.52. The molecular weight excluding hydrogens is 250 g/mol. The van der Waals surface area contributed by atoms with Crippen LogP contribution in [0.1, 0.15) is 11.1 Å². The topological polar surface area (TPSA) is 53.9 Å². The maximum absolute atomic E-state index is 4.68. The number of aryl methyl sites for hydroxylation is 2. The Morgan fingerprint density at radius 3 is 2.70 bits per heavy atom. The van der Waals surface area contributed by atoms with Gasteiger partial charge >= 0.3 is 0 Å². The molecule has 104 valence electrons. The molecule has 0 unspecified atom stereocenters. The Kier molecular flexibility index (Phi) is 3.60. The lowest BCUT2D eigenvalue weighted by Gasteiger charge is -2.27. The van der Waals surface area contributed by atoms with E-state index >= 15 is 0 Å². The molecule has 1 aliphatic heterocycles. The molecular formula is C15H19N5. The highest BCUT2D eigenvalue weighted by Crippen LogP contribution is 2.23. The normalized spacial score (nSPS) is 15.4. The molecule has 1 aromatic carbocycles. The first-order chi connectivity index (χ1) is 9.74. The molecule has 0 bridgehead atoms. The SMILES string of the molecule is Cc1ccc(-c2cnnc(N3CCNCC3)n2)c(C)c1. The average Bonchev–Trinajstić information content (AvgIpc) is 2.48. The molecule has 3 rings (SSSR count). The van der Waals surface area contributed by atoms with Crippen LogP contribution in [0.15, 0.2) is 24.4 Å².